The number of aliphatic hydroxyl groups excluding tert-OH is 1. The fourth-order valence-corrected chi connectivity index (χ4v) is 3.56. The summed E-state index contributed by atoms with van der Waals surface area (Å²) in [7, 11) is 0. The summed E-state index contributed by atoms with van der Waals surface area (Å²) < 4.78 is 0. The van der Waals surface area contributed by atoms with Crippen molar-refractivity contribution in [3.05, 3.63) is 30.1 Å². The van der Waals surface area contributed by atoms with E-state index in [1.165, 1.54) is 24.9 Å². The van der Waals surface area contributed by atoms with Crippen LogP contribution in [0.4, 0.5) is 0 Å². The summed E-state index contributed by atoms with van der Waals surface area (Å²) >= 11 is 0. The molecule has 0 amide bonds. The van der Waals surface area contributed by atoms with Gasteiger partial charge in [-0.2, -0.15) is 0 Å². The molecule has 98 valence electrons. The first kappa shape index (κ1) is 12.1. The zero-order valence-electron chi connectivity index (χ0n) is 10.8. The third-order valence-corrected chi connectivity index (χ3v) is 4.52. The monoisotopic (exact) mass is 246 g/mol. The van der Waals surface area contributed by atoms with Gasteiger partial charge in [0.15, 0.2) is 0 Å². The van der Waals surface area contributed by atoms with Gasteiger partial charge in [0.25, 0.3) is 0 Å². The number of hydrogen-bond donors (Lipinski definition) is 1. The van der Waals surface area contributed by atoms with Crippen molar-refractivity contribution < 1.29 is 5.11 Å². The van der Waals surface area contributed by atoms with Gasteiger partial charge < -0.3 is 5.11 Å². The fraction of sp³-hybridized carbons (Fsp3) is 0.667. The standard InChI is InChI=1S/C15H22N2O/c18-14-5-3-13(4-6-14)17-11-1-2-15(17)12-7-9-16-10-8-12/h7-10,13-15,18H,1-6,11H2. The predicted molar refractivity (Wildman–Crippen MR) is 71.2 cm³/mol. The highest BCUT2D eigenvalue weighted by atomic mass is 16.3. The Bertz CT molecular complexity index is 373. The average Bonchev–Trinajstić information content (AvgIpc) is 2.90. The second kappa shape index (κ2) is 5.37. The van der Waals surface area contributed by atoms with Gasteiger partial charge in [0.1, 0.15) is 0 Å². The van der Waals surface area contributed by atoms with Crippen molar-refractivity contribution in [3.8, 4) is 0 Å². The Labute approximate surface area is 109 Å². The third kappa shape index (κ3) is 2.43. The van der Waals surface area contributed by atoms with Crippen LogP contribution < -0.4 is 0 Å². The smallest absolute Gasteiger partial charge is 0.0541 e. The molecule has 0 aromatic carbocycles. The second-order valence-electron chi connectivity index (χ2n) is 5.64. The normalized spacial score (nSPS) is 33.7. The Morgan fingerprint density at radius 2 is 1.78 bits per heavy atom. The van der Waals surface area contributed by atoms with Gasteiger partial charge in [-0.3, -0.25) is 9.88 Å². The molecular formula is C15H22N2O. The Morgan fingerprint density at radius 3 is 2.50 bits per heavy atom. The molecule has 3 rings (SSSR count). The summed E-state index contributed by atoms with van der Waals surface area (Å²) in [5.74, 6) is 0. The van der Waals surface area contributed by atoms with Crippen LogP contribution in [0, 0.1) is 0 Å². The van der Waals surface area contributed by atoms with Crippen LogP contribution in [-0.4, -0.2) is 33.7 Å². The maximum Gasteiger partial charge on any atom is 0.0541 e. The SMILES string of the molecule is OC1CCC(N2CCCC2c2ccncc2)CC1. The number of rotatable bonds is 2. The van der Waals surface area contributed by atoms with E-state index in [0.717, 1.165) is 25.7 Å². The zero-order valence-corrected chi connectivity index (χ0v) is 10.8. The average molecular weight is 246 g/mol. The van der Waals surface area contributed by atoms with Crippen molar-refractivity contribution in [2.24, 2.45) is 0 Å². The molecule has 1 aliphatic heterocycles. The van der Waals surface area contributed by atoms with Crippen molar-refractivity contribution in [1.29, 1.82) is 0 Å². The molecular weight excluding hydrogens is 224 g/mol. The molecule has 1 unspecified atom stereocenters. The van der Waals surface area contributed by atoms with Gasteiger partial charge in [-0.05, 0) is 62.8 Å². The van der Waals surface area contributed by atoms with Gasteiger partial charge in [-0.25, -0.2) is 0 Å². The van der Waals surface area contributed by atoms with E-state index in [1.54, 1.807) is 0 Å². The maximum absolute atomic E-state index is 9.63. The lowest BCUT2D eigenvalue weighted by Gasteiger charge is -2.37. The van der Waals surface area contributed by atoms with E-state index in [-0.39, 0.29) is 6.10 Å². The lowest BCUT2D eigenvalue weighted by molar-refractivity contribution is 0.0679. The first-order valence-electron chi connectivity index (χ1n) is 7.18. The first-order chi connectivity index (χ1) is 8.84. The summed E-state index contributed by atoms with van der Waals surface area (Å²) in [6.07, 6.45) is 10.6. The van der Waals surface area contributed by atoms with Crippen LogP contribution in [0.15, 0.2) is 24.5 Å². The Morgan fingerprint density at radius 1 is 1.06 bits per heavy atom. The lowest BCUT2D eigenvalue weighted by Crippen LogP contribution is -2.38. The molecule has 1 aromatic heterocycles. The van der Waals surface area contributed by atoms with Crippen molar-refractivity contribution in [2.45, 2.75) is 56.7 Å². The molecule has 18 heavy (non-hydrogen) atoms. The number of aromatic nitrogens is 1. The topological polar surface area (TPSA) is 36.4 Å². The summed E-state index contributed by atoms with van der Waals surface area (Å²) in [5, 5.41) is 9.63. The number of pyridine rings is 1. The Hall–Kier alpha value is -0.930. The molecule has 1 atom stereocenters. The summed E-state index contributed by atoms with van der Waals surface area (Å²) in [6, 6.07) is 5.56. The molecule has 0 spiro atoms. The van der Waals surface area contributed by atoms with E-state index in [1.807, 2.05) is 12.4 Å². The van der Waals surface area contributed by atoms with Crippen LogP contribution in [0.3, 0.4) is 0 Å². The van der Waals surface area contributed by atoms with Crippen molar-refractivity contribution in [3.63, 3.8) is 0 Å². The Balaban J connectivity index is 1.71. The highest BCUT2D eigenvalue weighted by molar-refractivity contribution is 5.17. The summed E-state index contributed by atoms with van der Waals surface area (Å²) in [4.78, 5) is 6.78. The van der Waals surface area contributed by atoms with E-state index in [2.05, 4.69) is 22.0 Å². The van der Waals surface area contributed by atoms with Crippen LogP contribution in [0.25, 0.3) is 0 Å². The minimum atomic E-state index is -0.0526. The van der Waals surface area contributed by atoms with Gasteiger partial charge in [0, 0.05) is 24.5 Å². The van der Waals surface area contributed by atoms with Crippen LogP contribution in [0.2, 0.25) is 0 Å². The van der Waals surface area contributed by atoms with Gasteiger partial charge in [0.2, 0.25) is 0 Å². The zero-order chi connectivity index (χ0) is 12.4. The quantitative estimate of drug-likeness (QED) is 0.871. The van der Waals surface area contributed by atoms with Crippen LogP contribution >= 0.6 is 0 Å². The molecule has 1 aliphatic carbocycles. The minimum absolute atomic E-state index is 0.0526. The van der Waals surface area contributed by atoms with E-state index in [0.29, 0.717) is 12.1 Å². The van der Waals surface area contributed by atoms with Crippen molar-refractivity contribution >= 4 is 0 Å². The van der Waals surface area contributed by atoms with Gasteiger partial charge in [-0.15, -0.1) is 0 Å². The van der Waals surface area contributed by atoms with Gasteiger partial charge >= 0.3 is 0 Å². The molecule has 2 heterocycles. The predicted octanol–water partition coefficient (Wildman–Crippen LogP) is 2.52. The van der Waals surface area contributed by atoms with Crippen molar-refractivity contribution in [2.75, 3.05) is 6.54 Å². The molecule has 1 aromatic rings. The molecule has 0 bridgehead atoms. The second-order valence-corrected chi connectivity index (χ2v) is 5.64. The molecule has 1 saturated carbocycles. The molecule has 3 nitrogen and oxygen atoms in total. The minimum Gasteiger partial charge on any atom is -0.393 e. The molecule has 3 heteroatoms. The van der Waals surface area contributed by atoms with Gasteiger partial charge in [0.05, 0.1) is 6.10 Å². The summed E-state index contributed by atoms with van der Waals surface area (Å²) in [6.45, 7) is 1.22. The third-order valence-electron chi connectivity index (χ3n) is 4.52. The molecule has 1 saturated heterocycles. The van der Waals surface area contributed by atoms with E-state index >= 15 is 0 Å². The molecule has 0 radical (unpaired) electrons. The first-order valence-corrected chi connectivity index (χ1v) is 7.18. The number of nitrogens with zero attached hydrogens (tertiary/aromatic N) is 2. The molecule has 2 fully saturated rings. The summed E-state index contributed by atoms with van der Waals surface area (Å²) in [5.41, 5.74) is 1.41. The van der Waals surface area contributed by atoms with Gasteiger partial charge in [-0.1, -0.05) is 0 Å². The fourth-order valence-electron chi connectivity index (χ4n) is 3.56. The number of hydrogen-bond acceptors (Lipinski definition) is 3. The van der Waals surface area contributed by atoms with Crippen molar-refractivity contribution in [1.82, 2.24) is 9.88 Å². The van der Waals surface area contributed by atoms with E-state index < -0.39 is 0 Å². The lowest BCUT2D eigenvalue weighted by atomic mass is 9.91. The highest BCUT2D eigenvalue weighted by Gasteiger charge is 2.33. The maximum atomic E-state index is 9.63. The highest BCUT2D eigenvalue weighted by Crippen LogP contribution is 2.37. The van der Waals surface area contributed by atoms with E-state index in [4.69, 9.17) is 0 Å². The van der Waals surface area contributed by atoms with Crippen LogP contribution in [0.5, 0.6) is 0 Å². The number of aliphatic hydroxyl groups is 1. The van der Waals surface area contributed by atoms with Crippen LogP contribution in [-0.2, 0) is 0 Å². The Kier molecular flexibility index (Phi) is 3.62. The van der Waals surface area contributed by atoms with Crippen LogP contribution in [0.1, 0.15) is 50.1 Å². The molecule has 1 N–H and O–H groups in total. The largest absolute Gasteiger partial charge is 0.393 e. The number of likely N-dealkylation sites (tertiary alicyclic amines) is 1. The van der Waals surface area contributed by atoms with E-state index in [9.17, 15) is 5.11 Å². The molecule has 2 aliphatic rings.